The molecule has 0 unspecified atom stereocenters. The van der Waals surface area contributed by atoms with Crippen LogP contribution in [0.2, 0.25) is 0 Å². The lowest BCUT2D eigenvalue weighted by Gasteiger charge is -2.01. The predicted octanol–water partition coefficient (Wildman–Crippen LogP) is 3.20. The number of hydrogen-bond acceptors (Lipinski definition) is 3. The topological polar surface area (TPSA) is 43.1 Å². The van der Waals surface area contributed by atoms with Gasteiger partial charge in [0.05, 0.1) is 29.1 Å². The summed E-state index contributed by atoms with van der Waals surface area (Å²) in [5.74, 6) is 0.868. The minimum Gasteiger partial charge on any atom is -0.323 e. The van der Waals surface area contributed by atoms with Gasteiger partial charge in [-0.3, -0.25) is 9.98 Å². The zero-order chi connectivity index (χ0) is 13.1. The van der Waals surface area contributed by atoms with E-state index in [1.807, 2.05) is 30.3 Å². The second-order valence-corrected chi connectivity index (χ2v) is 4.17. The summed E-state index contributed by atoms with van der Waals surface area (Å²) in [6.45, 7) is 2.98. The van der Waals surface area contributed by atoms with Gasteiger partial charge < -0.3 is 4.57 Å². The van der Waals surface area contributed by atoms with Gasteiger partial charge in [0.1, 0.15) is 0 Å². The first-order chi connectivity index (χ1) is 9.38. The Bertz CT molecular complexity index is 713. The predicted molar refractivity (Wildman–Crippen MR) is 76.9 cm³/mol. The first-order valence-electron chi connectivity index (χ1n) is 6.28. The fourth-order valence-electron chi connectivity index (χ4n) is 2.09. The van der Waals surface area contributed by atoms with Crippen molar-refractivity contribution in [2.24, 2.45) is 4.99 Å². The van der Waals surface area contributed by atoms with Gasteiger partial charge in [-0.15, -0.1) is 0 Å². The van der Waals surface area contributed by atoms with Gasteiger partial charge in [-0.25, -0.2) is 4.98 Å². The van der Waals surface area contributed by atoms with Crippen molar-refractivity contribution in [1.82, 2.24) is 14.5 Å². The number of rotatable bonds is 3. The third-order valence-electron chi connectivity index (χ3n) is 2.98. The Morgan fingerprint density at radius 3 is 2.89 bits per heavy atom. The summed E-state index contributed by atoms with van der Waals surface area (Å²) in [4.78, 5) is 13.0. The number of aryl methyl sites for hydroxylation is 1. The van der Waals surface area contributed by atoms with E-state index >= 15 is 0 Å². The van der Waals surface area contributed by atoms with Gasteiger partial charge in [-0.1, -0.05) is 12.1 Å². The number of hydrogen-bond donors (Lipinski definition) is 0. The number of imidazole rings is 1. The molecule has 2 aromatic heterocycles. The molecule has 3 aromatic rings. The third kappa shape index (κ3) is 2.25. The molecule has 0 saturated heterocycles. The van der Waals surface area contributed by atoms with E-state index in [9.17, 15) is 0 Å². The molecule has 0 aliphatic carbocycles. The average molecular weight is 250 g/mol. The number of pyridine rings is 1. The number of fused-ring (bicyclic) bond motifs is 1. The molecule has 0 bridgehead atoms. The van der Waals surface area contributed by atoms with Crippen LogP contribution in [-0.2, 0) is 6.54 Å². The largest absolute Gasteiger partial charge is 0.323 e. The molecule has 0 aliphatic rings. The van der Waals surface area contributed by atoms with Gasteiger partial charge in [0.15, 0.2) is 5.82 Å². The van der Waals surface area contributed by atoms with Crippen LogP contribution in [0.1, 0.15) is 12.7 Å². The minimum atomic E-state index is 0.831. The van der Waals surface area contributed by atoms with Crippen molar-refractivity contribution in [3.8, 4) is 0 Å². The molecule has 0 saturated carbocycles. The highest BCUT2D eigenvalue weighted by atomic mass is 15.1. The van der Waals surface area contributed by atoms with E-state index < -0.39 is 0 Å². The Kier molecular flexibility index (Phi) is 3.06. The monoisotopic (exact) mass is 250 g/mol. The van der Waals surface area contributed by atoms with Gasteiger partial charge in [-0.05, 0) is 31.2 Å². The lowest BCUT2D eigenvalue weighted by molar-refractivity contribution is 0.780. The van der Waals surface area contributed by atoms with Crippen molar-refractivity contribution in [1.29, 1.82) is 0 Å². The first kappa shape index (κ1) is 11.6. The van der Waals surface area contributed by atoms with E-state index in [2.05, 4.69) is 32.5 Å². The van der Waals surface area contributed by atoms with Gasteiger partial charge in [0.2, 0.25) is 0 Å². The van der Waals surface area contributed by atoms with Crippen molar-refractivity contribution < 1.29 is 0 Å². The zero-order valence-corrected chi connectivity index (χ0v) is 10.7. The second-order valence-electron chi connectivity index (χ2n) is 4.17. The van der Waals surface area contributed by atoms with Gasteiger partial charge in [0, 0.05) is 12.7 Å². The van der Waals surface area contributed by atoms with Crippen molar-refractivity contribution >= 4 is 22.9 Å². The van der Waals surface area contributed by atoms with Gasteiger partial charge in [-0.2, -0.15) is 0 Å². The molecule has 2 heterocycles. The third-order valence-corrected chi connectivity index (χ3v) is 2.98. The number of para-hydroxylation sites is 2. The van der Waals surface area contributed by atoms with Gasteiger partial charge in [0.25, 0.3) is 0 Å². The lowest BCUT2D eigenvalue weighted by Crippen LogP contribution is -2.00. The first-order valence-corrected chi connectivity index (χ1v) is 6.28. The molecule has 0 atom stereocenters. The number of nitrogens with zero attached hydrogens (tertiary/aromatic N) is 4. The summed E-state index contributed by atoms with van der Waals surface area (Å²) in [5, 5.41) is 0. The molecule has 94 valence electrons. The summed E-state index contributed by atoms with van der Waals surface area (Å²) >= 11 is 0. The highest BCUT2D eigenvalue weighted by Crippen LogP contribution is 2.15. The van der Waals surface area contributed by atoms with Crippen LogP contribution in [0.25, 0.3) is 11.0 Å². The van der Waals surface area contributed by atoms with Crippen molar-refractivity contribution in [3.63, 3.8) is 0 Å². The maximum Gasteiger partial charge on any atom is 0.152 e. The molecule has 4 heteroatoms. The van der Waals surface area contributed by atoms with E-state index in [0.717, 1.165) is 29.1 Å². The molecule has 0 spiro atoms. The molecule has 0 aliphatic heterocycles. The standard InChI is InChI=1S/C15H14N4/c1-2-19-14-8-4-3-7-13(14)18-15(19)11-17-12-6-5-9-16-10-12/h3-11H,2H2,1H3. The molecule has 0 fully saturated rings. The fraction of sp³-hybridized carbons (Fsp3) is 0.133. The molecule has 0 amide bonds. The molecule has 19 heavy (non-hydrogen) atoms. The fourth-order valence-corrected chi connectivity index (χ4v) is 2.09. The zero-order valence-electron chi connectivity index (χ0n) is 10.7. The molecule has 3 rings (SSSR count). The molecule has 1 aromatic carbocycles. The summed E-state index contributed by atoms with van der Waals surface area (Å²) in [6.07, 6.45) is 5.26. The highest BCUT2D eigenvalue weighted by Gasteiger charge is 2.06. The molecular formula is C15H14N4. The SMILES string of the molecule is CCn1c(C=Nc2cccnc2)nc2ccccc21. The number of aliphatic imine (C=N–C) groups is 1. The highest BCUT2D eigenvalue weighted by molar-refractivity contribution is 5.86. The van der Waals surface area contributed by atoms with Crippen LogP contribution in [0.3, 0.4) is 0 Å². The van der Waals surface area contributed by atoms with Crippen molar-refractivity contribution in [2.75, 3.05) is 0 Å². The van der Waals surface area contributed by atoms with Crippen LogP contribution in [0.5, 0.6) is 0 Å². The summed E-state index contributed by atoms with van der Waals surface area (Å²) in [6, 6.07) is 11.9. The van der Waals surface area contributed by atoms with E-state index in [1.165, 1.54) is 0 Å². The van der Waals surface area contributed by atoms with E-state index in [0.29, 0.717) is 0 Å². The molecule has 0 N–H and O–H groups in total. The summed E-state index contributed by atoms with van der Waals surface area (Å²) in [5.41, 5.74) is 2.96. The quantitative estimate of drug-likeness (QED) is 0.670. The molecule has 4 nitrogen and oxygen atoms in total. The second kappa shape index (κ2) is 5.02. The van der Waals surface area contributed by atoms with E-state index in [-0.39, 0.29) is 0 Å². The van der Waals surface area contributed by atoms with Gasteiger partial charge >= 0.3 is 0 Å². The van der Waals surface area contributed by atoms with Crippen LogP contribution in [0, 0.1) is 0 Å². The van der Waals surface area contributed by atoms with E-state index in [1.54, 1.807) is 18.6 Å². The van der Waals surface area contributed by atoms with Crippen LogP contribution < -0.4 is 0 Å². The Labute approximate surface area is 111 Å². The van der Waals surface area contributed by atoms with Crippen LogP contribution in [0.4, 0.5) is 5.69 Å². The van der Waals surface area contributed by atoms with E-state index in [4.69, 9.17) is 0 Å². The Morgan fingerprint density at radius 1 is 1.21 bits per heavy atom. The number of aromatic nitrogens is 3. The average Bonchev–Trinajstić information content (AvgIpc) is 2.83. The van der Waals surface area contributed by atoms with Crippen LogP contribution >= 0.6 is 0 Å². The smallest absolute Gasteiger partial charge is 0.152 e. The normalized spacial score (nSPS) is 11.4. The molecule has 0 radical (unpaired) electrons. The number of benzene rings is 1. The lowest BCUT2D eigenvalue weighted by atomic mass is 10.3. The van der Waals surface area contributed by atoms with Crippen molar-refractivity contribution in [3.05, 3.63) is 54.6 Å². The Morgan fingerprint density at radius 2 is 2.11 bits per heavy atom. The van der Waals surface area contributed by atoms with Crippen LogP contribution in [0.15, 0.2) is 53.8 Å². The maximum absolute atomic E-state index is 4.59. The van der Waals surface area contributed by atoms with Crippen molar-refractivity contribution in [2.45, 2.75) is 13.5 Å². The Hall–Kier alpha value is -2.49. The maximum atomic E-state index is 4.59. The summed E-state index contributed by atoms with van der Waals surface area (Å²) < 4.78 is 2.15. The minimum absolute atomic E-state index is 0.831. The Balaban J connectivity index is 2.03. The molecular weight excluding hydrogens is 236 g/mol. The van der Waals surface area contributed by atoms with Crippen LogP contribution in [-0.4, -0.2) is 20.7 Å². The summed E-state index contributed by atoms with van der Waals surface area (Å²) in [7, 11) is 0.